The van der Waals surface area contributed by atoms with Crippen LogP contribution < -0.4 is 4.90 Å². The first-order chi connectivity index (χ1) is 11.1. The fourth-order valence-electron chi connectivity index (χ4n) is 2.13. The molecule has 0 saturated carbocycles. The molecule has 2 aromatic rings. The fourth-order valence-corrected chi connectivity index (χ4v) is 3.64. The van der Waals surface area contributed by atoms with Crippen LogP contribution in [-0.2, 0) is 4.79 Å². The van der Waals surface area contributed by atoms with Gasteiger partial charge in [-0.1, -0.05) is 72.0 Å². The zero-order chi connectivity index (χ0) is 16.4. The summed E-state index contributed by atoms with van der Waals surface area (Å²) < 4.78 is 0.443. The largest absolute Gasteiger partial charge is 0.298 e. The lowest BCUT2D eigenvalue weighted by Gasteiger charge is -2.15. The summed E-state index contributed by atoms with van der Waals surface area (Å²) in [5.74, 6) is -0.201. The van der Waals surface area contributed by atoms with Gasteiger partial charge in [0.25, 0.3) is 5.91 Å². The number of anilines is 1. The van der Waals surface area contributed by atoms with Crippen molar-refractivity contribution in [1.82, 2.24) is 0 Å². The highest BCUT2D eigenvalue weighted by Gasteiger charge is 2.34. The van der Waals surface area contributed by atoms with E-state index < -0.39 is 0 Å². The second-order valence-corrected chi connectivity index (χ2v) is 6.84. The molecule has 3 rings (SSSR count). The minimum absolute atomic E-state index is 0.201. The zero-order valence-electron chi connectivity index (χ0n) is 11.7. The van der Waals surface area contributed by atoms with Gasteiger partial charge in [-0.25, -0.2) is 0 Å². The molecule has 23 heavy (non-hydrogen) atoms. The molecule has 1 fully saturated rings. The Morgan fingerprint density at radius 2 is 1.70 bits per heavy atom. The standard InChI is InChI=1S/C17H10ClNO2S2/c18-13-3-1-2-4-14(13)19-16(21)15(23-17(19)22)9-11-5-7-12(10-20)8-6-11/h1-10H. The molecule has 0 unspecified atom stereocenters. The summed E-state index contributed by atoms with van der Waals surface area (Å²) in [7, 11) is 0. The van der Waals surface area contributed by atoms with E-state index in [1.54, 1.807) is 48.5 Å². The smallest absolute Gasteiger partial charge is 0.270 e. The Labute approximate surface area is 147 Å². The molecular formula is C17H10ClNO2S2. The number of para-hydroxylation sites is 1. The Bertz CT molecular complexity index is 831. The Hall–Kier alpha value is -1.95. The molecule has 1 aliphatic rings. The lowest BCUT2D eigenvalue weighted by atomic mass is 10.1. The van der Waals surface area contributed by atoms with Gasteiger partial charge in [-0.3, -0.25) is 14.5 Å². The number of amides is 1. The number of benzene rings is 2. The van der Waals surface area contributed by atoms with Crippen molar-refractivity contribution in [3.63, 3.8) is 0 Å². The van der Waals surface area contributed by atoms with E-state index >= 15 is 0 Å². The topological polar surface area (TPSA) is 37.4 Å². The van der Waals surface area contributed by atoms with E-state index in [1.165, 1.54) is 16.7 Å². The van der Waals surface area contributed by atoms with Crippen molar-refractivity contribution >= 4 is 63.9 Å². The summed E-state index contributed by atoms with van der Waals surface area (Å²) in [5, 5.41) is 0.473. The summed E-state index contributed by atoms with van der Waals surface area (Å²) in [4.78, 5) is 25.3. The maximum atomic E-state index is 12.6. The molecule has 3 nitrogen and oxygen atoms in total. The normalized spacial score (nSPS) is 16.2. The molecule has 0 radical (unpaired) electrons. The van der Waals surface area contributed by atoms with Crippen LogP contribution in [0.2, 0.25) is 5.02 Å². The van der Waals surface area contributed by atoms with Crippen molar-refractivity contribution in [2.24, 2.45) is 0 Å². The third kappa shape index (κ3) is 3.22. The molecular weight excluding hydrogens is 350 g/mol. The lowest BCUT2D eigenvalue weighted by Crippen LogP contribution is -2.27. The summed E-state index contributed by atoms with van der Waals surface area (Å²) >= 11 is 12.7. The number of carbonyl (C=O) groups is 2. The van der Waals surface area contributed by atoms with Crippen molar-refractivity contribution in [1.29, 1.82) is 0 Å². The third-order valence-corrected chi connectivity index (χ3v) is 4.88. The Kier molecular flexibility index (Phi) is 4.61. The molecule has 1 heterocycles. The quantitative estimate of drug-likeness (QED) is 0.457. The van der Waals surface area contributed by atoms with Crippen LogP contribution in [0.15, 0.2) is 53.4 Å². The molecule has 0 bridgehead atoms. The summed E-state index contributed by atoms with van der Waals surface area (Å²) in [6.07, 6.45) is 2.53. The van der Waals surface area contributed by atoms with Crippen LogP contribution in [0.5, 0.6) is 0 Å². The van der Waals surface area contributed by atoms with Crippen molar-refractivity contribution in [2.75, 3.05) is 4.90 Å². The maximum Gasteiger partial charge on any atom is 0.270 e. The highest BCUT2D eigenvalue weighted by atomic mass is 35.5. The number of hydrogen-bond donors (Lipinski definition) is 0. The van der Waals surface area contributed by atoms with Crippen molar-refractivity contribution in [3.8, 4) is 0 Å². The van der Waals surface area contributed by atoms with E-state index in [9.17, 15) is 9.59 Å². The minimum Gasteiger partial charge on any atom is -0.298 e. The predicted molar refractivity (Wildman–Crippen MR) is 98.9 cm³/mol. The molecule has 0 spiro atoms. The molecule has 0 atom stereocenters. The number of thiocarbonyl (C=S) groups is 1. The molecule has 114 valence electrons. The lowest BCUT2D eigenvalue weighted by molar-refractivity contribution is -0.113. The predicted octanol–water partition coefficient (Wildman–Crippen LogP) is 4.56. The molecule has 1 amide bonds. The molecule has 1 saturated heterocycles. The summed E-state index contributed by atoms with van der Waals surface area (Å²) in [6.45, 7) is 0. The molecule has 6 heteroatoms. The first-order valence-electron chi connectivity index (χ1n) is 6.68. The van der Waals surface area contributed by atoms with Crippen LogP contribution in [0.1, 0.15) is 15.9 Å². The number of halogens is 1. The number of nitrogens with zero attached hydrogens (tertiary/aromatic N) is 1. The van der Waals surface area contributed by atoms with Crippen molar-refractivity contribution in [3.05, 3.63) is 69.6 Å². The van der Waals surface area contributed by atoms with Gasteiger partial charge in [-0.15, -0.1) is 0 Å². The Morgan fingerprint density at radius 1 is 1.04 bits per heavy atom. The van der Waals surface area contributed by atoms with Gasteiger partial charge in [0.1, 0.15) is 6.29 Å². The van der Waals surface area contributed by atoms with Gasteiger partial charge >= 0.3 is 0 Å². The van der Waals surface area contributed by atoms with Crippen LogP contribution >= 0.6 is 35.6 Å². The van der Waals surface area contributed by atoms with Gasteiger partial charge in [-0.2, -0.15) is 0 Å². The average Bonchev–Trinajstić information content (AvgIpc) is 2.83. The first kappa shape index (κ1) is 15.9. The SMILES string of the molecule is O=Cc1ccc(C=C2SC(=S)N(c3ccccc3Cl)C2=O)cc1. The zero-order valence-corrected chi connectivity index (χ0v) is 14.1. The molecule has 2 aromatic carbocycles. The van der Waals surface area contributed by atoms with Gasteiger partial charge in [0.05, 0.1) is 15.6 Å². The van der Waals surface area contributed by atoms with Gasteiger partial charge < -0.3 is 0 Å². The van der Waals surface area contributed by atoms with Crippen molar-refractivity contribution < 1.29 is 9.59 Å². The molecule has 0 N–H and O–H groups in total. The van der Waals surface area contributed by atoms with Crippen LogP contribution in [0.25, 0.3) is 6.08 Å². The second kappa shape index (κ2) is 6.66. The average molecular weight is 360 g/mol. The van der Waals surface area contributed by atoms with Gasteiger partial charge in [-0.05, 0) is 23.8 Å². The highest BCUT2D eigenvalue weighted by Crippen LogP contribution is 2.38. The van der Waals surface area contributed by atoms with Crippen LogP contribution in [0, 0.1) is 0 Å². The van der Waals surface area contributed by atoms with E-state index in [-0.39, 0.29) is 5.91 Å². The van der Waals surface area contributed by atoms with Crippen LogP contribution in [0.4, 0.5) is 5.69 Å². The van der Waals surface area contributed by atoms with E-state index in [0.29, 0.717) is 25.5 Å². The summed E-state index contributed by atoms with van der Waals surface area (Å²) in [5.41, 5.74) is 2.00. The van der Waals surface area contributed by atoms with Gasteiger partial charge in [0.15, 0.2) is 4.32 Å². The van der Waals surface area contributed by atoms with E-state index in [2.05, 4.69) is 0 Å². The molecule has 0 aromatic heterocycles. The summed E-state index contributed by atoms with van der Waals surface area (Å²) in [6, 6.07) is 14.1. The monoisotopic (exact) mass is 359 g/mol. The van der Waals surface area contributed by atoms with Crippen molar-refractivity contribution in [2.45, 2.75) is 0 Å². The fraction of sp³-hybridized carbons (Fsp3) is 0. The van der Waals surface area contributed by atoms with Crippen LogP contribution in [-0.4, -0.2) is 16.5 Å². The van der Waals surface area contributed by atoms with Gasteiger partial charge in [0, 0.05) is 5.56 Å². The maximum absolute atomic E-state index is 12.6. The third-order valence-electron chi connectivity index (χ3n) is 3.26. The number of carbonyl (C=O) groups excluding carboxylic acids is 2. The highest BCUT2D eigenvalue weighted by molar-refractivity contribution is 8.27. The number of hydrogen-bond acceptors (Lipinski definition) is 4. The van der Waals surface area contributed by atoms with Crippen LogP contribution in [0.3, 0.4) is 0 Å². The Balaban J connectivity index is 1.93. The first-order valence-corrected chi connectivity index (χ1v) is 8.28. The van der Waals surface area contributed by atoms with E-state index in [4.69, 9.17) is 23.8 Å². The van der Waals surface area contributed by atoms with E-state index in [0.717, 1.165) is 11.8 Å². The number of aldehydes is 1. The Morgan fingerprint density at radius 3 is 2.35 bits per heavy atom. The van der Waals surface area contributed by atoms with Gasteiger partial charge in [0.2, 0.25) is 0 Å². The number of rotatable bonds is 3. The minimum atomic E-state index is -0.201. The molecule has 1 aliphatic heterocycles. The number of thioether (sulfide) groups is 1. The van der Waals surface area contributed by atoms with E-state index in [1.807, 2.05) is 6.07 Å². The second-order valence-electron chi connectivity index (χ2n) is 4.75. The molecule has 0 aliphatic carbocycles.